The van der Waals surface area contributed by atoms with Gasteiger partial charge in [0.2, 0.25) is 0 Å². The van der Waals surface area contributed by atoms with Gasteiger partial charge < -0.3 is 14.9 Å². The van der Waals surface area contributed by atoms with E-state index in [-0.39, 0.29) is 11.5 Å². The normalized spacial score (nSPS) is 12.1. The highest BCUT2D eigenvalue weighted by Crippen LogP contribution is 2.23. The van der Waals surface area contributed by atoms with Gasteiger partial charge in [0, 0.05) is 30.2 Å². The predicted octanol–water partition coefficient (Wildman–Crippen LogP) is 3.86. The van der Waals surface area contributed by atoms with Gasteiger partial charge in [-0.3, -0.25) is 14.6 Å². The average Bonchev–Trinajstić information content (AvgIpc) is 3.12. The van der Waals surface area contributed by atoms with Crippen molar-refractivity contribution in [2.75, 3.05) is 12.0 Å². The van der Waals surface area contributed by atoms with Crippen LogP contribution in [0.2, 0.25) is 0 Å². The molecule has 0 aliphatic rings. The Labute approximate surface area is 190 Å². The molecule has 0 spiro atoms. The summed E-state index contributed by atoms with van der Waals surface area (Å²) < 4.78 is 1.89. The number of pyridine rings is 1. The van der Waals surface area contributed by atoms with Crippen molar-refractivity contribution in [2.45, 2.75) is 19.4 Å². The molecule has 0 saturated heterocycles. The van der Waals surface area contributed by atoms with Crippen molar-refractivity contribution < 1.29 is 4.79 Å². The Hall–Kier alpha value is -3.39. The molecule has 3 heterocycles. The quantitative estimate of drug-likeness (QED) is 0.449. The first kappa shape index (κ1) is 21.8. The maximum atomic E-state index is 13.2. The molecule has 32 heavy (non-hydrogen) atoms. The maximum Gasteiger partial charge on any atom is 0.268 e. The van der Waals surface area contributed by atoms with Crippen molar-refractivity contribution in [3.63, 3.8) is 0 Å². The second-order valence-corrected chi connectivity index (χ2v) is 8.68. The molecule has 0 aliphatic heterocycles. The number of aromatic amines is 1. The van der Waals surface area contributed by atoms with Crippen molar-refractivity contribution in [1.82, 2.24) is 24.8 Å². The minimum absolute atomic E-state index is 0.200. The van der Waals surface area contributed by atoms with Gasteiger partial charge in [-0.25, -0.2) is 4.98 Å². The number of nitrogens with zero attached hydrogens (tertiary/aromatic N) is 3. The van der Waals surface area contributed by atoms with Gasteiger partial charge in [0.15, 0.2) is 5.82 Å². The standard InChI is InChI=1S/C24H25N5O2S/c1-15-7-8-20-16(12-15)13-21(29(20)2)24(31)27-17(9-11-32-3)19-14-22(30)28-23(26-19)18-6-4-5-10-25-18/h4-8,10,12-14,17H,9,11H2,1-3H3,(H,27,31)(H,26,28,30). The number of nitrogens with one attached hydrogen (secondary N) is 2. The van der Waals surface area contributed by atoms with Crippen LogP contribution >= 0.6 is 11.8 Å². The van der Waals surface area contributed by atoms with E-state index in [1.165, 1.54) is 6.07 Å². The van der Waals surface area contributed by atoms with Gasteiger partial charge in [0.05, 0.1) is 11.7 Å². The van der Waals surface area contributed by atoms with Crippen LogP contribution in [0.25, 0.3) is 22.4 Å². The van der Waals surface area contributed by atoms with Gasteiger partial charge in [-0.1, -0.05) is 17.7 Å². The Kier molecular flexibility index (Phi) is 6.41. The molecule has 164 valence electrons. The summed E-state index contributed by atoms with van der Waals surface area (Å²) in [5, 5.41) is 4.12. The summed E-state index contributed by atoms with van der Waals surface area (Å²) in [4.78, 5) is 37.3. The van der Waals surface area contributed by atoms with Crippen LogP contribution < -0.4 is 10.9 Å². The van der Waals surface area contributed by atoms with Crippen LogP contribution in [0.1, 0.15) is 34.2 Å². The fourth-order valence-electron chi connectivity index (χ4n) is 3.73. The summed E-state index contributed by atoms with van der Waals surface area (Å²) >= 11 is 1.68. The molecule has 1 aromatic carbocycles. The van der Waals surface area contributed by atoms with Gasteiger partial charge in [-0.15, -0.1) is 0 Å². The monoisotopic (exact) mass is 447 g/mol. The third-order valence-corrected chi connectivity index (χ3v) is 6.02. The first-order valence-corrected chi connectivity index (χ1v) is 11.7. The molecule has 1 unspecified atom stereocenters. The average molecular weight is 448 g/mol. The molecule has 2 N–H and O–H groups in total. The molecule has 1 atom stereocenters. The molecular weight excluding hydrogens is 422 g/mol. The zero-order valence-corrected chi connectivity index (χ0v) is 19.1. The van der Waals surface area contributed by atoms with E-state index in [9.17, 15) is 9.59 Å². The van der Waals surface area contributed by atoms with Crippen LogP contribution in [0, 0.1) is 6.92 Å². The highest BCUT2D eigenvalue weighted by molar-refractivity contribution is 7.98. The van der Waals surface area contributed by atoms with Crippen LogP contribution in [0.3, 0.4) is 0 Å². The van der Waals surface area contributed by atoms with Gasteiger partial charge in [-0.05, 0) is 55.7 Å². The van der Waals surface area contributed by atoms with Crippen LogP contribution in [0.15, 0.2) is 59.5 Å². The summed E-state index contributed by atoms with van der Waals surface area (Å²) in [6.07, 6.45) is 4.31. The van der Waals surface area contributed by atoms with E-state index < -0.39 is 6.04 Å². The Bertz CT molecular complexity index is 1310. The highest BCUT2D eigenvalue weighted by atomic mass is 32.2. The van der Waals surface area contributed by atoms with E-state index >= 15 is 0 Å². The number of benzene rings is 1. The number of carbonyl (C=O) groups is 1. The molecule has 3 aromatic heterocycles. The van der Waals surface area contributed by atoms with Crippen molar-refractivity contribution in [2.24, 2.45) is 7.05 Å². The second kappa shape index (κ2) is 9.40. The zero-order chi connectivity index (χ0) is 22.7. The second-order valence-electron chi connectivity index (χ2n) is 7.69. The van der Waals surface area contributed by atoms with E-state index in [0.29, 0.717) is 29.3 Å². The molecule has 0 radical (unpaired) electrons. The first-order valence-electron chi connectivity index (χ1n) is 10.3. The van der Waals surface area contributed by atoms with Crippen molar-refractivity contribution >= 4 is 28.6 Å². The Morgan fingerprint density at radius 3 is 2.81 bits per heavy atom. The molecule has 0 aliphatic carbocycles. The highest BCUT2D eigenvalue weighted by Gasteiger charge is 2.21. The molecule has 0 fully saturated rings. The van der Waals surface area contributed by atoms with Gasteiger partial charge in [0.25, 0.3) is 11.5 Å². The number of fused-ring (bicyclic) bond motifs is 1. The molecule has 1 amide bonds. The minimum atomic E-state index is -0.403. The molecule has 0 saturated carbocycles. The lowest BCUT2D eigenvalue weighted by Gasteiger charge is -2.18. The SMILES string of the molecule is CSCCC(NC(=O)c1cc2cc(C)ccc2n1C)c1cc(=O)[nH]c(-c2ccccn2)n1. The Morgan fingerprint density at radius 1 is 1.22 bits per heavy atom. The number of rotatable bonds is 7. The number of aromatic nitrogens is 4. The van der Waals surface area contributed by atoms with E-state index in [2.05, 4.69) is 26.3 Å². The van der Waals surface area contributed by atoms with E-state index in [1.54, 1.807) is 30.1 Å². The summed E-state index contributed by atoms with van der Waals surface area (Å²) in [5.41, 5.74) is 3.52. The summed E-state index contributed by atoms with van der Waals surface area (Å²) in [6, 6.07) is 14.5. The van der Waals surface area contributed by atoms with Crippen LogP contribution in [-0.2, 0) is 7.05 Å². The van der Waals surface area contributed by atoms with Gasteiger partial charge >= 0.3 is 0 Å². The minimum Gasteiger partial charge on any atom is -0.342 e. The van der Waals surface area contributed by atoms with Crippen LogP contribution in [-0.4, -0.2) is 37.4 Å². The summed E-state index contributed by atoms with van der Waals surface area (Å²) in [5.74, 6) is 0.998. The summed E-state index contributed by atoms with van der Waals surface area (Å²) in [6.45, 7) is 2.03. The number of carbonyl (C=O) groups excluding carboxylic acids is 1. The summed E-state index contributed by atoms with van der Waals surface area (Å²) in [7, 11) is 1.88. The molecule has 4 rings (SSSR count). The number of hydrogen-bond acceptors (Lipinski definition) is 5. The molecular formula is C24H25N5O2S. The topological polar surface area (TPSA) is 92.7 Å². The van der Waals surface area contributed by atoms with Crippen LogP contribution in [0.5, 0.6) is 0 Å². The number of thioether (sulfide) groups is 1. The van der Waals surface area contributed by atoms with Crippen molar-refractivity contribution in [1.29, 1.82) is 0 Å². The fraction of sp³-hybridized carbons (Fsp3) is 0.250. The number of amides is 1. The largest absolute Gasteiger partial charge is 0.342 e. The van der Waals surface area contributed by atoms with Crippen molar-refractivity contribution in [3.8, 4) is 11.5 Å². The van der Waals surface area contributed by atoms with Crippen LogP contribution in [0.4, 0.5) is 0 Å². The third-order valence-electron chi connectivity index (χ3n) is 5.37. The molecule has 8 heteroatoms. The zero-order valence-electron chi connectivity index (χ0n) is 18.3. The molecule has 0 bridgehead atoms. The fourth-order valence-corrected chi connectivity index (χ4v) is 4.20. The lowest BCUT2D eigenvalue weighted by atomic mass is 10.1. The Morgan fingerprint density at radius 2 is 2.06 bits per heavy atom. The van der Waals surface area contributed by atoms with E-state index in [4.69, 9.17) is 0 Å². The molecule has 7 nitrogen and oxygen atoms in total. The number of hydrogen-bond donors (Lipinski definition) is 2. The molecule has 4 aromatic rings. The van der Waals surface area contributed by atoms with Gasteiger partial charge in [-0.2, -0.15) is 11.8 Å². The van der Waals surface area contributed by atoms with Crippen molar-refractivity contribution in [3.05, 3.63) is 82.0 Å². The van der Waals surface area contributed by atoms with Gasteiger partial charge in [0.1, 0.15) is 11.4 Å². The smallest absolute Gasteiger partial charge is 0.268 e. The van der Waals surface area contributed by atoms with E-state index in [1.807, 2.05) is 49.1 Å². The van der Waals surface area contributed by atoms with E-state index in [0.717, 1.165) is 22.2 Å². The third kappa shape index (κ3) is 4.60. The Balaban J connectivity index is 1.68. The maximum absolute atomic E-state index is 13.2. The number of H-pyrrole nitrogens is 1. The lowest BCUT2D eigenvalue weighted by Crippen LogP contribution is -2.32. The number of aryl methyl sites for hydroxylation is 2. The predicted molar refractivity (Wildman–Crippen MR) is 129 cm³/mol. The first-order chi connectivity index (χ1) is 15.5. The lowest BCUT2D eigenvalue weighted by molar-refractivity contribution is 0.0927.